The van der Waals surface area contributed by atoms with Gasteiger partial charge in [-0.05, 0) is 16.7 Å². The number of hydrogen-bond donors (Lipinski definition) is 0. The van der Waals surface area contributed by atoms with Gasteiger partial charge in [0, 0.05) is 0 Å². The van der Waals surface area contributed by atoms with Gasteiger partial charge in [-0.3, -0.25) is 0 Å². The number of benzene rings is 3. The van der Waals surface area contributed by atoms with Crippen LogP contribution in [0.25, 0.3) is 0 Å². The van der Waals surface area contributed by atoms with Crippen molar-refractivity contribution in [2.24, 2.45) is 0 Å². The van der Waals surface area contributed by atoms with Crippen LogP contribution >= 0.6 is 0 Å². The molecule has 1 aliphatic rings. The molecule has 4 rings (SSSR count). The van der Waals surface area contributed by atoms with Crippen molar-refractivity contribution in [2.45, 2.75) is 17.3 Å². The van der Waals surface area contributed by atoms with Crippen molar-refractivity contribution in [2.75, 3.05) is 20.0 Å². The van der Waals surface area contributed by atoms with Crippen molar-refractivity contribution in [1.29, 1.82) is 0 Å². The van der Waals surface area contributed by atoms with E-state index in [-0.39, 0.29) is 17.3 Å². The van der Waals surface area contributed by atoms with Crippen LogP contribution in [0, 0.1) is 0 Å². The Bertz CT molecular complexity index is 1290. The maximum absolute atomic E-state index is 13.3. The Hall–Kier alpha value is -2.61. The Morgan fingerprint density at radius 3 is 0.861 bits per heavy atom. The first-order valence-electron chi connectivity index (χ1n) is 11.1. The fourth-order valence-electron chi connectivity index (χ4n) is 3.82. The Labute approximate surface area is 212 Å². The van der Waals surface area contributed by atoms with Crippen LogP contribution in [-0.4, -0.2) is 58.2 Å². The lowest BCUT2D eigenvalue weighted by atomic mass is 10.2. The quantitative estimate of drug-likeness (QED) is 0.405. The fourth-order valence-corrected chi connectivity index (χ4v) is 8.32. The molecule has 0 atom stereocenters. The van der Waals surface area contributed by atoms with Gasteiger partial charge in [0.15, 0.2) is 0 Å². The molecular formula is C24H27N3O6S3. The first kappa shape index (κ1) is 26.5. The normalized spacial score (nSPS) is 16.7. The average Bonchev–Trinajstić information content (AvgIpc) is 2.85. The molecule has 0 radical (unpaired) electrons. The van der Waals surface area contributed by atoms with E-state index in [1.165, 1.54) is 0 Å². The molecule has 3 aromatic carbocycles. The van der Waals surface area contributed by atoms with Crippen LogP contribution in [0.4, 0.5) is 0 Å². The van der Waals surface area contributed by atoms with Crippen LogP contribution in [0.15, 0.2) is 91.0 Å². The lowest BCUT2D eigenvalue weighted by Crippen LogP contribution is -2.59. The molecule has 0 N–H and O–H groups in total. The predicted molar refractivity (Wildman–Crippen MR) is 137 cm³/mol. The van der Waals surface area contributed by atoms with Crippen molar-refractivity contribution in [1.82, 2.24) is 12.9 Å². The molecule has 0 unspecified atom stereocenters. The minimum Gasteiger partial charge on any atom is -0.212 e. The van der Waals surface area contributed by atoms with Gasteiger partial charge in [0.05, 0.1) is 37.3 Å². The predicted octanol–water partition coefficient (Wildman–Crippen LogP) is 2.37. The minimum atomic E-state index is -4.05. The standard InChI is InChI=1S/C24H27N3O6S3/c28-34(29,16-22-10-4-1-5-11-22)25-19-26(35(30,31)17-23-12-6-2-7-13-23)21-27(20-25)36(32,33)18-24-14-8-3-9-15-24/h1-15H,16-21H2. The average molecular weight is 550 g/mol. The van der Waals surface area contributed by atoms with Gasteiger partial charge in [-0.15, -0.1) is 0 Å². The van der Waals surface area contributed by atoms with E-state index in [4.69, 9.17) is 0 Å². The van der Waals surface area contributed by atoms with Gasteiger partial charge in [-0.2, -0.15) is 12.9 Å². The van der Waals surface area contributed by atoms with Crippen LogP contribution in [0.5, 0.6) is 0 Å². The molecule has 0 aliphatic carbocycles. The van der Waals surface area contributed by atoms with E-state index in [1.54, 1.807) is 91.0 Å². The van der Waals surface area contributed by atoms with E-state index in [1.807, 2.05) is 0 Å². The summed E-state index contributed by atoms with van der Waals surface area (Å²) in [5.41, 5.74) is 1.54. The summed E-state index contributed by atoms with van der Waals surface area (Å²) >= 11 is 0. The monoisotopic (exact) mass is 549 g/mol. The molecule has 0 spiro atoms. The van der Waals surface area contributed by atoms with E-state index in [9.17, 15) is 25.3 Å². The number of sulfonamides is 3. The van der Waals surface area contributed by atoms with Gasteiger partial charge in [0.1, 0.15) is 0 Å². The smallest absolute Gasteiger partial charge is 0.212 e. The summed E-state index contributed by atoms with van der Waals surface area (Å²) in [6.07, 6.45) is 0. The highest BCUT2D eigenvalue weighted by atomic mass is 32.2. The number of rotatable bonds is 9. The molecule has 36 heavy (non-hydrogen) atoms. The zero-order valence-electron chi connectivity index (χ0n) is 19.4. The first-order valence-corrected chi connectivity index (χ1v) is 15.9. The highest BCUT2D eigenvalue weighted by Gasteiger charge is 2.40. The molecule has 0 bridgehead atoms. The fraction of sp³-hybridized carbons (Fsp3) is 0.250. The third-order valence-corrected chi connectivity index (χ3v) is 10.8. The zero-order valence-corrected chi connectivity index (χ0v) is 21.9. The van der Waals surface area contributed by atoms with Gasteiger partial charge >= 0.3 is 0 Å². The van der Waals surface area contributed by atoms with Crippen molar-refractivity contribution < 1.29 is 25.3 Å². The van der Waals surface area contributed by atoms with Crippen molar-refractivity contribution >= 4 is 30.1 Å². The van der Waals surface area contributed by atoms with Crippen molar-refractivity contribution in [3.63, 3.8) is 0 Å². The summed E-state index contributed by atoms with van der Waals surface area (Å²) in [5, 5.41) is 0. The van der Waals surface area contributed by atoms with Gasteiger partial charge in [-0.1, -0.05) is 91.0 Å². The maximum atomic E-state index is 13.3. The summed E-state index contributed by atoms with van der Waals surface area (Å²) < 4.78 is 82.5. The summed E-state index contributed by atoms with van der Waals surface area (Å²) in [6, 6.07) is 25.4. The second-order valence-electron chi connectivity index (χ2n) is 8.51. The van der Waals surface area contributed by atoms with E-state index in [0.29, 0.717) is 16.7 Å². The van der Waals surface area contributed by atoms with Gasteiger partial charge in [-0.25, -0.2) is 25.3 Å². The molecule has 0 aromatic heterocycles. The summed E-state index contributed by atoms with van der Waals surface area (Å²) in [5.74, 6) is -1.15. The van der Waals surface area contributed by atoms with E-state index in [0.717, 1.165) is 12.9 Å². The Morgan fingerprint density at radius 2 is 0.639 bits per heavy atom. The van der Waals surface area contributed by atoms with Crippen LogP contribution in [0.1, 0.15) is 16.7 Å². The first-order chi connectivity index (χ1) is 17.1. The zero-order chi connectivity index (χ0) is 25.8. The molecule has 3 aromatic rings. The molecule has 1 aliphatic heterocycles. The van der Waals surface area contributed by atoms with E-state index >= 15 is 0 Å². The van der Waals surface area contributed by atoms with Crippen LogP contribution in [0.2, 0.25) is 0 Å². The molecule has 1 fully saturated rings. The highest BCUT2D eigenvalue weighted by Crippen LogP contribution is 2.24. The summed E-state index contributed by atoms with van der Waals surface area (Å²) in [7, 11) is -12.1. The molecule has 12 heteroatoms. The molecule has 192 valence electrons. The van der Waals surface area contributed by atoms with Crippen molar-refractivity contribution in [3.8, 4) is 0 Å². The van der Waals surface area contributed by atoms with Gasteiger partial charge < -0.3 is 0 Å². The third kappa shape index (κ3) is 6.58. The van der Waals surface area contributed by atoms with E-state index < -0.39 is 50.1 Å². The molecule has 1 heterocycles. The lowest BCUT2D eigenvalue weighted by molar-refractivity contribution is 0.127. The second kappa shape index (κ2) is 10.8. The Balaban J connectivity index is 1.65. The SMILES string of the molecule is O=S(=O)(Cc1ccccc1)N1CN(S(=O)(=O)Cc2ccccc2)CN(S(=O)(=O)Cc2ccccc2)C1. The molecule has 9 nitrogen and oxygen atoms in total. The third-order valence-electron chi connectivity index (χ3n) is 5.70. The minimum absolute atomic E-state index is 0.382. The maximum Gasteiger partial charge on any atom is 0.220 e. The lowest BCUT2D eigenvalue weighted by Gasteiger charge is -2.40. The van der Waals surface area contributed by atoms with Gasteiger partial charge in [0.25, 0.3) is 0 Å². The summed E-state index contributed by atoms with van der Waals surface area (Å²) in [4.78, 5) is 0. The Morgan fingerprint density at radius 1 is 0.417 bits per heavy atom. The van der Waals surface area contributed by atoms with Crippen LogP contribution in [-0.2, 0) is 47.3 Å². The van der Waals surface area contributed by atoms with Crippen LogP contribution < -0.4 is 0 Å². The Kier molecular flexibility index (Phi) is 7.93. The molecular weight excluding hydrogens is 522 g/mol. The molecule has 0 saturated carbocycles. The molecule has 0 amide bonds. The van der Waals surface area contributed by atoms with E-state index in [2.05, 4.69) is 0 Å². The topological polar surface area (TPSA) is 112 Å². The van der Waals surface area contributed by atoms with Crippen molar-refractivity contribution in [3.05, 3.63) is 108 Å². The largest absolute Gasteiger partial charge is 0.220 e. The van der Waals surface area contributed by atoms with Crippen LogP contribution in [0.3, 0.4) is 0 Å². The number of nitrogens with zero attached hydrogens (tertiary/aromatic N) is 3. The number of hydrogen-bond acceptors (Lipinski definition) is 6. The highest BCUT2D eigenvalue weighted by molar-refractivity contribution is 7.90. The van der Waals surface area contributed by atoms with Gasteiger partial charge in [0.2, 0.25) is 30.1 Å². The molecule has 1 saturated heterocycles. The summed E-state index contributed by atoms with van der Waals surface area (Å²) in [6.45, 7) is -1.41. The second-order valence-corrected chi connectivity index (χ2v) is 14.4.